The largest absolute Gasteiger partial charge is 0.378 e. The highest BCUT2D eigenvalue weighted by Gasteiger charge is 2.38. The molecule has 4 heterocycles. The van der Waals surface area contributed by atoms with Crippen LogP contribution in [0.5, 0.6) is 0 Å². The Morgan fingerprint density at radius 1 is 0.939 bits per heavy atom. The average Bonchev–Trinajstić information content (AvgIpc) is 3.26. The minimum atomic E-state index is -0.296. The molecule has 3 aliphatic heterocycles. The monoisotopic (exact) mass is 514 g/mol. The third kappa shape index (κ3) is 4.81. The van der Waals surface area contributed by atoms with Crippen LogP contribution in [0.25, 0.3) is 0 Å². The van der Waals surface area contributed by atoms with E-state index in [2.05, 4.69) is 35.9 Å². The highest BCUT2D eigenvalue weighted by atomic mass is 79.9. The molecule has 0 bridgehead atoms. The lowest BCUT2D eigenvalue weighted by Crippen LogP contribution is -2.51. The first kappa shape index (κ1) is 22.1. The summed E-state index contributed by atoms with van der Waals surface area (Å²) in [6.45, 7) is 6.17. The Morgan fingerprint density at radius 3 is 2.24 bits per heavy atom. The van der Waals surface area contributed by atoms with Crippen molar-refractivity contribution in [2.75, 3.05) is 73.7 Å². The van der Waals surface area contributed by atoms with Gasteiger partial charge in [-0.25, -0.2) is 0 Å². The summed E-state index contributed by atoms with van der Waals surface area (Å²) >= 11 is 3.45. The Labute approximate surface area is 201 Å². The summed E-state index contributed by atoms with van der Waals surface area (Å²) in [6, 6.07) is 11.6. The highest BCUT2D eigenvalue weighted by molar-refractivity contribution is 9.10. The van der Waals surface area contributed by atoms with Crippen molar-refractivity contribution in [2.24, 2.45) is 5.92 Å². The number of hydrogen-bond acceptors (Lipinski definition) is 7. The van der Waals surface area contributed by atoms with Crippen LogP contribution in [0.1, 0.15) is 6.42 Å². The van der Waals surface area contributed by atoms with Gasteiger partial charge >= 0.3 is 0 Å². The normalized spacial score (nSPS) is 21.6. The van der Waals surface area contributed by atoms with E-state index in [9.17, 15) is 9.59 Å². The number of ether oxygens (including phenoxy) is 1. The highest BCUT2D eigenvalue weighted by Crippen LogP contribution is 2.28. The molecule has 3 saturated heterocycles. The first-order valence-electron chi connectivity index (χ1n) is 11.3. The molecule has 2 amide bonds. The van der Waals surface area contributed by atoms with Crippen molar-refractivity contribution in [3.63, 3.8) is 0 Å². The Balaban J connectivity index is 1.16. The first-order valence-corrected chi connectivity index (χ1v) is 12.1. The van der Waals surface area contributed by atoms with E-state index in [0.29, 0.717) is 45.9 Å². The number of morpholine rings is 1. The molecule has 0 spiro atoms. The topological polar surface area (TPSA) is 82.1 Å². The van der Waals surface area contributed by atoms with Gasteiger partial charge in [0.2, 0.25) is 11.8 Å². The summed E-state index contributed by atoms with van der Waals surface area (Å²) in [6.07, 6.45) is 0.264. The van der Waals surface area contributed by atoms with Crippen LogP contribution in [0.4, 0.5) is 17.3 Å². The zero-order valence-electron chi connectivity index (χ0n) is 18.4. The maximum Gasteiger partial charge on any atom is 0.228 e. The molecule has 0 N–H and O–H groups in total. The number of halogens is 1. The van der Waals surface area contributed by atoms with Gasteiger partial charge in [0.1, 0.15) is 0 Å². The zero-order valence-corrected chi connectivity index (χ0v) is 20.0. The lowest BCUT2D eigenvalue weighted by molar-refractivity contribution is -0.136. The SMILES string of the molecule is O=C(C1CC(=O)N(c2cccc(Br)c2)C1)N1CCN(c2ccc(N3CCOCC3)nn2)CC1. The van der Waals surface area contributed by atoms with Gasteiger partial charge in [-0.2, -0.15) is 0 Å². The minimum Gasteiger partial charge on any atom is -0.378 e. The fourth-order valence-corrected chi connectivity index (χ4v) is 5.02. The molecule has 2 aromatic rings. The van der Waals surface area contributed by atoms with Gasteiger partial charge in [0.15, 0.2) is 11.6 Å². The molecule has 1 atom stereocenters. The number of carbonyl (C=O) groups is 2. The molecular formula is C23H27BrN6O3. The standard InChI is InChI=1S/C23H27BrN6O3/c24-18-2-1-3-19(15-18)30-16-17(14-22(30)31)23(32)29-8-6-27(7-9-29)20-4-5-21(26-25-20)28-10-12-33-13-11-28/h1-5,15,17H,6-14,16H2. The van der Waals surface area contributed by atoms with Crippen molar-refractivity contribution >= 4 is 45.1 Å². The second-order valence-electron chi connectivity index (χ2n) is 8.55. The van der Waals surface area contributed by atoms with Crippen molar-refractivity contribution in [1.82, 2.24) is 15.1 Å². The molecule has 0 aliphatic carbocycles. The molecule has 5 rings (SSSR count). The van der Waals surface area contributed by atoms with Crippen LogP contribution in [0, 0.1) is 5.92 Å². The number of nitrogens with zero attached hydrogens (tertiary/aromatic N) is 6. The third-order valence-electron chi connectivity index (χ3n) is 6.48. The molecular weight excluding hydrogens is 488 g/mol. The van der Waals surface area contributed by atoms with Crippen LogP contribution >= 0.6 is 15.9 Å². The Morgan fingerprint density at radius 2 is 1.61 bits per heavy atom. The molecule has 1 aromatic heterocycles. The molecule has 0 radical (unpaired) electrons. The number of carbonyl (C=O) groups excluding carboxylic acids is 2. The number of hydrogen-bond donors (Lipinski definition) is 0. The molecule has 3 aliphatic rings. The first-order chi connectivity index (χ1) is 16.1. The van der Waals surface area contributed by atoms with Gasteiger partial charge < -0.3 is 24.3 Å². The van der Waals surface area contributed by atoms with Crippen molar-refractivity contribution in [3.8, 4) is 0 Å². The van der Waals surface area contributed by atoms with E-state index >= 15 is 0 Å². The average molecular weight is 515 g/mol. The van der Waals surface area contributed by atoms with Gasteiger partial charge in [0, 0.05) is 62.4 Å². The maximum atomic E-state index is 13.1. The van der Waals surface area contributed by atoms with Crippen LogP contribution in [0.3, 0.4) is 0 Å². The summed E-state index contributed by atoms with van der Waals surface area (Å²) in [4.78, 5) is 33.6. The summed E-state index contributed by atoms with van der Waals surface area (Å²) < 4.78 is 6.31. The van der Waals surface area contributed by atoms with Crippen LogP contribution in [-0.2, 0) is 14.3 Å². The van der Waals surface area contributed by atoms with E-state index in [0.717, 1.165) is 34.9 Å². The molecule has 3 fully saturated rings. The quantitative estimate of drug-likeness (QED) is 0.614. The van der Waals surface area contributed by atoms with Crippen molar-refractivity contribution in [3.05, 3.63) is 40.9 Å². The second-order valence-corrected chi connectivity index (χ2v) is 9.46. The second kappa shape index (κ2) is 9.64. The molecule has 9 nitrogen and oxygen atoms in total. The Bertz CT molecular complexity index is 1010. The summed E-state index contributed by atoms with van der Waals surface area (Å²) in [7, 11) is 0. The van der Waals surface area contributed by atoms with Crippen LogP contribution in [0.2, 0.25) is 0 Å². The summed E-state index contributed by atoms with van der Waals surface area (Å²) in [5.41, 5.74) is 0.827. The van der Waals surface area contributed by atoms with Crippen LogP contribution in [-0.4, -0.2) is 85.9 Å². The van der Waals surface area contributed by atoms with E-state index < -0.39 is 0 Å². The van der Waals surface area contributed by atoms with Crippen molar-refractivity contribution < 1.29 is 14.3 Å². The van der Waals surface area contributed by atoms with Gasteiger partial charge in [-0.1, -0.05) is 22.0 Å². The number of anilines is 3. The lowest BCUT2D eigenvalue weighted by atomic mass is 10.1. The molecule has 1 unspecified atom stereocenters. The summed E-state index contributed by atoms with van der Waals surface area (Å²) in [5, 5.41) is 8.82. The van der Waals surface area contributed by atoms with E-state index in [1.165, 1.54) is 0 Å². The van der Waals surface area contributed by atoms with Crippen LogP contribution in [0.15, 0.2) is 40.9 Å². The zero-order chi connectivity index (χ0) is 22.8. The lowest BCUT2D eigenvalue weighted by Gasteiger charge is -2.36. The minimum absolute atomic E-state index is 0.000665. The fourth-order valence-electron chi connectivity index (χ4n) is 4.63. The van der Waals surface area contributed by atoms with E-state index in [1.807, 2.05) is 41.3 Å². The number of rotatable bonds is 4. The summed E-state index contributed by atoms with van der Waals surface area (Å²) in [5.74, 6) is 1.47. The predicted molar refractivity (Wildman–Crippen MR) is 128 cm³/mol. The molecule has 0 saturated carbocycles. The number of benzene rings is 1. The van der Waals surface area contributed by atoms with Crippen molar-refractivity contribution in [2.45, 2.75) is 6.42 Å². The van der Waals surface area contributed by atoms with E-state index in [4.69, 9.17) is 4.74 Å². The van der Waals surface area contributed by atoms with E-state index in [1.54, 1.807) is 4.90 Å². The van der Waals surface area contributed by atoms with Crippen molar-refractivity contribution in [1.29, 1.82) is 0 Å². The maximum absolute atomic E-state index is 13.1. The smallest absolute Gasteiger partial charge is 0.228 e. The third-order valence-corrected chi connectivity index (χ3v) is 6.97. The van der Waals surface area contributed by atoms with Gasteiger partial charge in [-0.3, -0.25) is 9.59 Å². The van der Waals surface area contributed by atoms with Gasteiger partial charge in [-0.15, -0.1) is 10.2 Å². The molecule has 1 aromatic carbocycles. The number of aromatic nitrogens is 2. The predicted octanol–water partition coefficient (Wildman–Crippen LogP) is 1.78. The Kier molecular flexibility index (Phi) is 6.45. The molecule has 10 heteroatoms. The van der Waals surface area contributed by atoms with Gasteiger partial charge in [-0.05, 0) is 30.3 Å². The fraction of sp³-hybridized carbons (Fsp3) is 0.478. The van der Waals surface area contributed by atoms with E-state index in [-0.39, 0.29) is 24.2 Å². The molecule has 33 heavy (non-hydrogen) atoms. The van der Waals surface area contributed by atoms with Crippen LogP contribution < -0.4 is 14.7 Å². The number of amides is 2. The van der Waals surface area contributed by atoms with Gasteiger partial charge in [0.25, 0.3) is 0 Å². The number of piperazine rings is 1. The van der Waals surface area contributed by atoms with Gasteiger partial charge in [0.05, 0.1) is 19.1 Å². The Hall–Kier alpha value is -2.72. The molecule has 174 valence electrons.